The lowest BCUT2D eigenvalue weighted by molar-refractivity contribution is -0.916. The number of quaternary nitrogens is 2. The zero-order chi connectivity index (χ0) is 17.7. The SMILES string of the molecule is CC(C)Oc1ccc(C[NH2+]CC[C@@]2(O)C[C@@H](C)[NH+](C)C[C@H]2C)cc1. The Bertz CT molecular complexity index is 503. The summed E-state index contributed by atoms with van der Waals surface area (Å²) in [6.07, 6.45) is 2.00. The number of ether oxygens (including phenoxy) is 1. The number of benzene rings is 1. The average molecular weight is 337 g/mol. The van der Waals surface area contributed by atoms with Crippen LogP contribution in [0.25, 0.3) is 0 Å². The van der Waals surface area contributed by atoms with E-state index >= 15 is 0 Å². The fourth-order valence-electron chi connectivity index (χ4n) is 3.73. The van der Waals surface area contributed by atoms with Crippen molar-refractivity contribution < 1.29 is 20.1 Å². The molecule has 0 amide bonds. The summed E-state index contributed by atoms with van der Waals surface area (Å²) in [6, 6.07) is 8.89. The quantitative estimate of drug-likeness (QED) is 0.639. The van der Waals surface area contributed by atoms with Crippen molar-refractivity contribution in [2.75, 3.05) is 20.1 Å². The lowest BCUT2D eigenvalue weighted by Gasteiger charge is -2.43. The molecular formula is C20H36N2O2+2. The highest BCUT2D eigenvalue weighted by Crippen LogP contribution is 2.27. The minimum atomic E-state index is -0.496. The number of hydrogen-bond acceptors (Lipinski definition) is 2. The smallest absolute Gasteiger partial charge is 0.119 e. The van der Waals surface area contributed by atoms with Crippen LogP contribution in [0.3, 0.4) is 0 Å². The van der Waals surface area contributed by atoms with Gasteiger partial charge in [0.2, 0.25) is 0 Å². The Balaban J connectivity index is 1.76. The molecule has 1 unspecified atom stereocenters. The van der Waals surface area contributed by atoms with Crippen molar-refractivity contribution in [1.82, 2.24) is 0 Å². The molecule has 0 radical (unpaired) electrons. The molecule has 1 saturated heterocycles. The molecular weight excluding hydrogens is 300 g/mol. The normalized spacial score (nSPS) is 30.5. The first-order valence-electron chi connectivity index (χ1n) is 9.42. The molecule has 4 nitrogen and oxygen atoms in total. The highest BCUT2D eigenvalue weighted by molar-refractivity contribution is 5.26. The zero-order valence-electron chi connectivity index (χ0n) is 16.0. The number of nitrogens with one attached hydrogen (secondary N) is 1. The van der Waals surface area contributed by atoms with Gasteiger partial charge < -0.3 is 20.1 Å². The lowest BCUT2D eigenvalue weighted by Crippen LogP contribution is -3.15. The van der Waals surface area contributed by atoms with Gasteiger partial charge in [0.15, 0.2) is 0 Å². The molecule has 4 heteroatoms. The van der Waals surface area contributed by atoms with Crippen molar-refractivity contribution in [3.05, 3.63) is 29.8 Å². The number of hydrogen-bond donors (Lipinski definition) is 3. The molecule has 1 fully saturated rings. The topological polar surface area (TPSA) is 50.5 Å². The molecule has 1 aliphatic heterocycles. The van der Waals surface area contributed by atoms with Crippen LogP contribution in [0, 0.1) is 5.92 Å². The molecule has 1 aliphatic rings. The van der Waals surface area contributed by atoms with Crippen molar-refractivity contribution in [3.63, 3.8) is 0 Å². The second kappa shape index (κ2) is 8.32. The number of likely N-dealkylation sites (tertiary alicyclic amines) is 1. The molecule has 4 N–H and O–H groups in total. The van der Waals surface area contributed by atoms with Gasteiger partial charge in [-0.15, -0.1) is 0 Å². The van der Waals surface area contributed by atoms with Crippen LogP contribution in [-0.4, -0.2) is 43.0 Å². The van der Waals surface area contributed by atoms with Gasteiger partial charge in [0, 0.05) is 24.3 Å². The van der Waals surface area contributed by atoms with Crippen LogP contribution in [0.15, 0.2) is 24.3 Å². The molecule has 1 aromatic carbocycles. The molecule has 4 atom stereocenters. The largest absolute Gasteiger partial charge is 0.491 e. The van der Waals surface area contributed by atoms with Gasteiger partial charge in [0.05, 0.1) is 37.9 Å². The van der Waals surface area contributed by atoms with Crippen molar-refractivity contribution in [1.29, 1.82) is 0 Å². The number of aliphatic hydroxyl groups is 1. The third kappa shape index (κ3) is 5.20. The minimum Gasteiger partial charge on any atom is -0.491 e. The van der Waals surface area contributed by atoms with Crippen LogP contribution in [0.5, 0.6) is 5.75 Å². The summed E-state index contributed by atoms with van der Waals surface area (Å²) in [4.78, 5) is 1.54. The van der Waals surface area contributed by atoms with E-state index in [9.17, 15) is 5.11 Å². The first kappa shape index (κ1) is 19.2. The van der Waals surface area contributed by atoms with E-state index in [4.69, 9.17) is 4.74 Å². The van der Waals surface area contributed by atoms with Crippen LogP contribution < -0.4 is 15.0 Å². The maximum atomic E-state index is 11.0. The maximum absolute atomic E-state index is 11.0. The Morgan fingerprint density at radius 1 is 1.29 bits per heavy atom. The van der Waals surface area contributed by atoms with Crippen LogP contribution >= 0.6 is 0 Å². The van der Waals surface area contributed by atoms with E-state index in [0.717, 1.165) is 38.2 Å². The summed E-state index contributed by atoms with van der Waals surface area (Å²) in [5.74, 6) is 1.30. The average Bonchev–Trinajstić information content (AvgIpc) is 2.51. The molecule has 136 valence electrons. The highest BCUT2D eigenvalue weighted by Gasteiger charge is 2.43. The second-order valence-electron chi connectivity index (χ2n) is 8.00. The third-order valence-corrected chi connectivity index (χ3v) is 5.50. The Kier molecular flexibility index (Phi) is 6.67. The van der Waals surface area contributed by atoms with Gasteiger partial charge in [-0.2, -0.15) is 0 Å². The summed E-state index contributed by atoms with van der Waals surface area (Å²) in [7, 11) is 2.24. The second-order valence-corrected chi connectivity index (χ2v) is 8.00. The van der Waals surface area contributed by atoms with E-state index < -0.39 is 5.60 Å². The summed E-state index contributed by atoms with van der Waals surface area (Å²) < 4.78 is 5.67. The fraction of sp³-hybridized carbons (Fsp3) is 0.700. The summed E-state index contributed by atoms with van der Waals surface area (Å²) in [6.45, 7) is 11.5. The van der Waals surface area contributed by atoms with Crippen LogP contribution in [0.4, 0.5) is 0 Å². The van der Waals surface area contributed by atoms with E-state index in [2.05, 4.69) is 38.3 Å². The highest BCUT2D eigenvalue weighted by atomic mass is 16.5. The minimum absolute atomic E-state index is 0.212. The molecule has 1 heterocycles. The monoisotopic (exact) mass is 336 g/mol. The Hall–Kier alpha value is -1.10. The summed E-state index contributed by atoms with van der Waals surface area (Å²) >= 11 is 0. The van der Waals surface area contributed by atoms with Crippen molar-refractivity contribution in [3.8, 4) is 5.75 Å². The van der Waals surface area contributed by atoms with Crippen molar-refractivity contribution >= 4 is 0 Å². The van der Waals surface area contributed by atoms with Crippen LogP contribution in [-0.2, 0) is 6.54 Å². The van der Waals surface area contributed by atoms with E-state index in [1.165, 1.54) is 5.56 Å². The maximum Gasteiger partial charge on any atom is 0.119 e. The molecule has 0 saturated carbocycles. The van der Waals surface area contributed by atoms with Gasteiger partial charge in [-0.3, -0.25) is 0 Å². The van der Waals surface area contributed by atoms with Gasteiger partial charge in [-0.05, 0) is 45.0 Å². The summed E-state index contributed by atoms with van der Waals surface area (Å²) in [5, 5.41) is 13.3. The van der Waals surface area contributed by atoms with E-state index in [0.29, 0.717) is 12.0 Å². The molecule has 0 bridgehead atoms. The first-order valence-corrected chi connectivity index (χ1v) is 9.42. The number of piperidine rings is 1. The van der Waals surface area contributed by atoms with Crippen LogP contribution in [0.2, 0.25) is 0 Å². The molecule has 2 rings (SSSR count). The first-order chi connectivity index (χ1) is 11.3. The van der Waals surface area contributed by atoms with Crippen molar-refractivity contribution in [2.45, 2.75) is 64.8 Å². The fourth-order valence-corrected chi connectivity index (χ4v) is 3.73. The Morgan fingerprint density at radius 3 is 2.58 bits per heavy atom. The van der Waals surface area contributed by atoms with E-state index in [1.807, 2.05) is 26.0 Å². The Labute approximate surface area is 147 Å². The molecule has 24 heavy (non-hydrogen) atoms. The molecule has 1 aromatic rings. The van der Waals surface area contributed by atoms with Gasteiger partial charge in [0.1, 0.15) is 12.3 Å². The van der Waals surface area contributed by atoms with Gasteiger partial charge in [-0.25, -0.2) is 0 Å². The van der Waals surface area contributed by atoms with Gasteiger partial charge in [0.25, 0.3) is 0 Å². The predicted octanol–water partition coefficient (Wildman–Crippen LogP) is 0.601. The molecule has 0 spiro atoms. The van der Waals surface area contributed by atoms with Gasteiger partial charge in [-0.1, -0.05) is 6.92 Å². The van der Waals surface area contributed by atoms with E-state index in [1.54, 1.807) is 4.90 Å². The number of nitrogens with two attached hydrogens (primary N) is 1. The molecule has 0 aromatic heterocycles. The van der Waals surface area contributed by atoms with Gasteiger partial charge >= 0.3 is 0 Å². The number of rotatable bonds is 7. The lowest BCUT2D eigenvalue weighted by atomic mass is 9.77. The zero-order valence-corrected chi connectivity index (χ0v) is 16.0. The predicted molar refractivity (Wildman–Crippen MR) is 97.3 cm³/mol. The standard InChI is InChI=1S/C20H34N2O2/c1-15(2)24-19-8-6-18(7-9-19)13-21-11-10-20(23)12-17(4)22(5)14-16(20)3/h6-9,15-17,21,23H,10-14H2,1-5H3/p+2/t16-,17-,20-/m1/s1. The van der Waals surface area contributed by atoms with Crippen molar-refractivity contribution in [2.24, 2.45) is 5.92 Å². The van der Waals surface area contributed by atoms with E-state index in [-0.39, 0.29) is 6.10 Å². The Morgan fingerprint density at radius 2 is 1.96 bits per heavy atom. The summed E-state index contributed by atoms with van der Waals surface area (Å²) in [5.41, 5.74) is 0.803. The van der Waals surface area contributed by atoms with Crippen LogP contribution in [0.1, 0.15) is 46.1 Å². The third-order valence-electron chi connectivity index (χ3n) is 5.50. The molecule has 0 aliphatic carbocycles.